The molecule has 0 bridgehead atoms. The van der Waals surface area contributed by atoms with Gasteiger partial charge in [0.1, 0.15) is 5.75 Å². The van der Waals surface area contributed by atoms with Gasteiger partial charge in [-0.15, -0.1) is 11.8 Å². The quantitative estimate of drug-likeness (QED) is 0.567. The summed E-state index contributed by atoms with van der Waals surface area (Å²) in [4.78, 5) is 27.8. The Hall–Kier alpha value is -2.24. The van der Waals surface area contributed by atoms with E-state index in [9.17, 15) is 9.59 Å². The molecule has 2 aromatic rings. The van der Waals surface area contributed by atoms with E-state index in [-0.39, 0.29) is 11.8 Å². The maximum Gasteiger partial charge on any atom is 0.272 e. The Kier molecular flexibility index (Phi) is 6.47. The summed E-state index contributed by atoms with van der Waals surface area (Å²) in [6, 6.07) is 14.2. The van der Waals surface area contributed by atoms with Crippen LogP contribution < -0.4 is 9.64 Å². The highest BCUT2D eigenvalue weighted by Crippen LogP contribution is 2.40. The van der Waals surface area contributed by atoms with Gasteiger partial charge in [0.15, 0.2) is 0 Å². The van der Waals surface area contributed by atoms with Crippen molar-refractivity contribution < 1.29 is 14.3 Å². The van der Waals surface area contributed by atoms with E-state index in [0.29, 0.717) is 45.0 Å². The number of thioether (sulfide) groups is 1. The van der Waals surface area contributed by atoms with Crippen molar-refractivity contribution in [1.82, 2.24) is 0 Å². The molecule has 0 fully saturated rings. The highest BCUT2D eigenvalue weighted by molar-refractivity contribution is 8.04. The largest absolute Gasteiger partial charge is 0.493 e. The zero-order valence-corrected chi connectivity index (χ0v) is 17.6. The average molecular weight is 416 g/mol. The number of hydrogen-bond donors (Lipinski definition) is 0. The molecule has 4 nitrogen and oxygen atoms in total. The maximum absolute atomic E-state index is 13.2. The van der Waals surface area contributed by atoms with E-state index in [2.05, 4.69) is 13.8 Å². The van der Waals surface area contributed by atoms with Crippen molar-refractivity contribution in [3.8, 4) is 5.75 Å². The summed E-state index contributed by atoms with van der Waals surface area (Å²) >= 11 is 7.62. The minimum absolute atomic E-state index is 0.333. The summed E-state index contributed by atoms with van der Waals surface area (Å²) in [5.41, 5.74) is 1.51. The van der Waals surface area contributed by atoms with Crippen LogP contribution in [0.25, 0.3) is 5.57 Å². The molecule has 0 saturated carbocycles. The normalized spacial score (nSPS) is 14.4. The molecule has 1 heterocycles. The lowest BCUT2D eigenvalue weighted by atomic mass is 10.1. The molecule has 146 valence electrons. The van der Waals surface area contributed by atoms with Gasteiger partial charge < -0.3 is 4.74 Å². The summed E-state index contributed by atoms with van der Waals surface area (Å²) < 4.78 is 5.71. The predicted octanol–water partition coefficient (Wildman–Crippen LogP) is 5.41. The molecule has 2 amide bonds. The number of para-hydroxylation sites is 1. The fourth-order valence-electron chi connectivity index (χ4n) is 2.88. The zero-order chi connectivity index (χ0) is 20.3. The summed E-state index contributed by atoms with van der Waals surface area (Å²) in [5, 5.41) is 0.365. The van der Waals surface area contributed by atoms with Gasteiger partial charge >= 0.3 is 0 Å². The van der Waals surface area contributed by atoms with E-state index in [1.807, 2.05) is 31.2 Å². The molecule has 2 aromatic carbocycles. The maximum atomic E-state index is 13.2. The Bertz CT molecular complexity index is 922. The second kappa shape index (κ2) is 8.84. The molecule has 3 rings (SSSR count). The molecule has 28 heavy (non-hydrogen) atoms. The SMILES string of the molecule is CCSC1=C(c2ccc(OCC(C)C)cc2)C(=O)N(c2ccccc2Cl)C1=O. The van der Waals surface area contributed by atoms with Gasteiger partial charge in [0, 0.05) is 0 Å². The standard InChI is InChI=1S/C22H22ClNO3S/c1-4-28-20-19(15-9-11-16(12-10-15)27-13-14(2)3)21(25)24(22(20)26)18-8-6-5-7-17(18)23/h5-12,14H,4,13H2,1-3H3. The van der Waals surface area contributed by atoms with E-state index in [0.717, 1.165) is 5.75 Å². The first kappa shape index (κ1) is 20.5. The Labute approximate surface area is 174 Å². The van der Waals surface area contributed by atoms with Crippen molar-refractivity contribution in [2.24, 2.45) is 5.92 Å². The number of carbonyl (C=O) groups is 2. The monoisotopic (exact) mass is 415 g/mol. The molecule has 6 heteroatoms. The van der Waals surface area contributed by atoms with Crippen LogP contribution in [0, 0.1) is 5.92 Å². The van der Waals surface area contributed by atoms with Crippen molar-refractivity contribution >= 4 is 46.4 Å². The molecule has 0 aliphatic carbocycles. The third-order valence-electron chi connectivity index (χ3n) is 4.15. The molecule has 0 unspecified atom stereocenters. The number of imide groups is 1. The summed E-state index contributed by atoms with van der Waals surface area (Å²) in [6.07, 6.45) is 0. The number of amides is 2. The smallest absolute Gasteiger partial charge is 0.272 e. The number of ether oxygens (including phenoxy) is 1. The topological polar surface area (TPSA) is 46.6 Å². The third-order valence-corrected chi connectivity index (χ3v) is 5.43. The summed E-state index contributed by atoms with van der Waals surface area (Å²) in [5.74, 6) is 1.16. The fourth-order valence-corrected chi connectivity index (χ4v) is 3.95. The van der Waals surface area contributed by atoms with Gasteiger partial charge in [0.2, 0.25) is 0 Å². The van der Waals surface area contributed by atoms with Gasteiger partial charge in [-0.3, -0.25) is 9.59 Å². The molecule has 0 radical (unpaired) electrons. The first-order valence-electron chi connectivity index (χ1n) is 9.17. The van der Waals surface area contributed by atoms with Crippen molar-refractivity contribution in [2.45, 2.75) is 20.8 Å². The van der Waals surface area contributed by atoms with E-state index < -0.39 is 0 Å². The van der Waals surface area contributed by atoms with E-state index in [4.69, 9.17) is 16.3 Å². The van der Waals surface area contributed by atoms with Crippen molar-refractivity contribution in [3.63, 3.8) is 0 Å². The van der Waals surface area contributed by atoms with Crippen molar-refractivity contribution in [2.75, 3.05) is 17.3 Å². The van der Waals surface area contributed by atoms with Crippen molar-refractivity contribution in [3.05, 3.63) is 64.0 Å². The molecule has 0 atom stereocenters. The highest BCUT2D eigenvalue weighted by atomic mass is 35.5. The fraction of sp³-hybridized carbons (Fsp3) is 0.273. The minimum atomic E-state index is -0.357. The van der Waals surface area contributed by atoms with Gasteiger partial charge in [-0.1, -0.05) is 56.6 Å². The lowest BCUT2D eigenvalue weighted by Crippen LogP contribution is -2.31. The second-order valence-electron chi connectivity index (χ2n) is 6.76. The molecule has 1 aliphatic rings. The minimum Gasteiger partial charge on any atom is -0.493 e. The highest BCUT2D eigenvalue weighted by Gasteiger charge is 2.40. The van der Waals surface area contributed by atoms with Gasteiger partial charge in [0.05, 0.1) is 27.8 Å². The predicted molar refractivity (Wildman–Crippen MR) is 116 cm³/mol. The van der Waals surface area contributed by atoms with Gasteiger partial charge in [-0.2, -0.15) is 0 Å². The van der Waals surface area contributed by atoms with Crippen LogP contribution in [0.5, 0.6) is 5.75 Å². The molecular weight excluding hydrogens is 394 g/mol. The molecule has 0 spiro atoms. The Morgan fingerprint density at radius 3 is 2.32 bits per heavy atom. The van der Waals surface area contributed by atoms with Crippen molar-refractivity contribution in [1.29, 1.82) is 0 Å². The molecule has 0 aromatic heterocycles. The first-order valence-corrected chi connectivity index (χ1v) is 10.5. The van der Waals surface area contributed by atoms with Crippen LogP contribution in [0.15, 0.2) is 53.4 Å². The Morgan fingerprint density at radius 2 is 1.71 bits per heavy atom. The van der Waals surface area contributed by atoms with Crippen LogP contribution in [0.1, 0.15) is 26.3 Å². The lowest BCUT2D eigenvalue weighted by molar-refractivity contribution is -0.119. The lowest BCUT2D eigenvalue weighted by Gasteiger charge is -2.16. The summed E-state index contributed by atoms with van der Waals surface area (Å²) in [6.45, 7) is 6.74. The van der Waals surface area contributed by atoms with Gasteiger partial charge in [-0.05, 0) is 41.5 Å². The number of hydrogen-bond acceptors (Lipinski definition) is 4. The van der Waals surface area contributed by atoms with Crippen LogP contribution in [0.2, 0.25) is 5.02 Å². The number of rotatable bonds is 7. The number of benzene rings is 2. The Morgan fingerprint density at radius 1 is 1.04 bits per heavy atom. The van der Waals surface area contributed by atoms with E-state index in [1.54, 1.807) is 24.3 Å². The molecule has 0 saturated heterocycles. The second-order valence-corrected chi connectivity index (χ2v) is 8.44. The number of halogens is 1. The van der Waals surface area contributed by atoms with Crippen LogP contribution in [-0.4, -0.2) is 24.2 Å². The van der Waals surface area contributed by atoms with E-state index in [1.165, 1.54) is 16.7 Å². The van der Waals surface area contributed by atoms with E-state index >= 15 is 0 Å². The molecular formula is C22H22ClNO3S. The number of nitrogens with zero attached hydrogens (tertiary/aromatic N) is 1. The van der Waals surface area contributed by atoms with Crippen LogP contribution in [-0.2, 0) is 9.59 Å². The Balaban J connectivity index is 1.96. The summed E-state index contributed by atoms with van der Waals surface area (Å²) in [7, 11) is 0. The van der Waals surface area contributed by atoms with Crippen LogP contribution in [0.4, 0.5) is 5.69 Å². The molecule has 0 N–H and O–H groups in total. The van der Waals surface area contributed by atoms with Gasteiger partial charge in [-0.25, -0.2) is 4.90 Å². The van der Waals surface area contributed by atoms with Crippen LogP contribution in [0.3, 0.4) is 0 Å². The number of anilines is 1. The zero-order valence-electron chi connectivity index (χ0n) is 16.1. The third kappa shape index (κ3) is 4.10. The molecule has 1 aliphatic heterocycles. The first-order chi connectivity index (χ1) is 13.4. The van der Waals surface area contributed by atoms with Gasteiger partial charge in [0.25, 0.3) is 11.8 Å². The average Bonchev–Trinajstić information content (AvgIpc) is 2.91. The number of carbonyl (C=O) groups excluding carboxylic acids is 2. The van der Waals surface area contributed by atoms with Crippen LogP contribution >= 0.6 is 23.4 Å².